The van der Waals surface area contributed by atoms with Crippen LogP contribution in [0.1, 0.15) is 38.2 Å². The van der Waals surface area contributed by atoms with Crippen molar-refractivity contribution in [3.05, 3.63) is 39.9 Å². The highest BCUT2D eigenvalue weighted by atomic mass is 16.6. The monoisotopic (exact) mass is 248 g/mol. The number of benzene rings is 1. The van der Waals surface area contributed by atoms with Crippen LogP contribution in [0, 0.1) is 16.0 Å². The third kappa shape index (κ3) is 3.07. The van der Waals surface area contributed by atoms with Gasteiger partial charge >= 0.3 is 0 Å². The van der Waals surface area contributed by atoms with Gasteiger partial charge in [-0.1, -0.05) is 38.0 Å². The third-order valence-electron chi connectivity index (χ3n) is 3.85. The minimum absolute atomic E-state index is 0.216. The Bertz CT molecular complexity index is 420. The fourth-order valence-electron chi connectivity index (χ4n) is 2.70. The fourth-order valence-corrected chi connectivity index (χ4v) is 2.70. The van der Waals surface area contributed by atoms with E-state index in [4.69, 9.17) is 0 Å². The summed E-state index contributed by atoms with van der Waals surface area (Å²) in [6.07, 6.45) is 5.01. The van der Waals surface area contributed by atoms with Gasteiger partial charge in [-0.2, -0.15) is 0 Å². The number of nitrogens with zero attached hydrogens (tertiary/aromatic N) is 1. The molecule has 1 fully saturated rings. The topological polar surface area (TPSA) is 55.2 Å². The largest absolute Gasteiger partial charge is 0.309 e. The summed E-state index contributed by atoms with van der Waals surface area (Å²) < 4.78 is 0. The van der Waals surface area contributed by atoms with E-state index in [-0.39, 0.29) is 10.6 Å². The molecule has 1 saturated carbocycles. The molecular formula is C14H20N2O2. The number of hydrogen-bond donors (Lipinski definition) is 1. The Morgan fingerprint density at radius 3 is 2.78 bits per heavy atom. The molecule has 2 unspecified atom stereocenters. The summed E-state index contributed by atoms with van der Waals surface area (Å²) in [6.45, 7) is 2.85. The first-order chi connectivity index (χ1) is 8.68. The second kappa shape index (κ2) is 5.96. The molecule has 2 atom stereocenters. The molecule has 0 radical (unpaired) electrons. The Balaban J connectivity index is 1.99. The van der Waals surface area contributed by atoms with Gasteiger partial charge < -0.3 is 5.32 Å². The molecule has 0 spiro atoms. The molecule has 0 aliphatic heterocycles. The standard InChI is InChI=1S/C14H20N2O2/c1-11-6-2-4-8-13(11)15-10-12-7-3-5-9-14(12)16(17)18/h3,5,7,9,11,13,15H,2,4,6,8,10H2,1H3. The lowest BCUT2D eigenvalue weighted by Gasteiger charge is -2.29. The Morgan fingerprint density at radius 1 is 1.33 bits per heavy atom. The zero-order valence-electron chi connectivity index (χ0n) is 10.8. The fraction of sp³-hybridized carbons (Fsp3) is 0.571. The van der Waals surface area contributed by atoms with Gasteiger partial charge in [0.1, 0.15) is 0 Å². The lowest BCUT2D eigenvalue weighted by Crippen LogP contribution is -2.36. The number of hydrogen-bond acceptors (Lipinski definition) is 3. The van der Waals surface area contributed by atoms with Crippen LogP contribution in [0.3, 0.4) is 0 Å². The first kappa shape index (κ1) is 13.0. The maximum absolute atomic E-state index is 10.9. The molecule has 0 saturated heterocycles. The van der Waals surface area contributed by atoms with Crippen LogP contribution in [0.2, 0.25) is 0 Å². The highest BCUT2D eigenvalue weighted by molar-refractivity contribution is 5.39. The summed E-state index contributed by atoms with van der Waals surface area (Å²) in [5.41, 5.74) is 0.994. The van der Waals surface area contributed by atoms with Crippen molar-refractivity contribution in [3.63, 3.8) is 0 Å². The van der Waals surface area contributed by atoms with Crippen molar-refractivity contribution in [1.82, 2.24) is 5.32 Å². The van der Waals surface area contributed by atoms with Crippen LogP contribution in [0.15, 0.2) is 24.3 Å². The predicted molar refractivity (Wildman–Crippen MR) is 71.4 cm³/mol. The van der Waals surface area contributed by atoms with Crippen LogP contribution in [0.4, 0.5) is 5.69 Å². The molecule has 1 aliphatic rings. The normalized spacial score (nSPS) is 23.8. The summed E-state index contributed by atoms with van der Waals surface area (Å²) in [4.78, 5) is 10.6. The Hall–Kier alpha value is -1.42. The molecule has 2 rings (SSSR count). The van der Waals surface area contributed by atoms with Gasteiger partial charge in [-0.05, 0) is 18.8 Å². The molecule has 0 heterocycles. The van der Waals surface area contributed by atoms with Crippen LogP contribution in [-0.2, 0) is 6.54 Å². The van der Waals surface area contributed by atoms with Crippen molar-refractivity contribution in [2.45, 2.75) is 45.2 Å². The van der Waals surface area contributed by atoms with E-state index in [0.29, 0.717) is 18.5 Å². The van der Waals surface area contributed by atoms with Gasteiger partial charge in [-0.15, -0.1) is 0 Å². The first-order valence-corrected chi connectivity index (χ1v) is 6.64. The van der Waals surface area contributed by atoms with Crippen LogP contribution in [0.5, 0.6) is 0 Å². The van der Waals surface area contributed by atoms with Gasteiger partial charge in [0.15, 0.2) is 0 Å². The number of nitro benzene ring substituents is 1. The smallest absolute Gasteiger partial charge is 0.273 e. The highest BCUT2D eigenvalue weighted by Crippen LogP contribution is 2.25. The molecule has 18 heavy (non-hydrogen) atoms. The van der Waals surface area contributed by atoms with Gasteiger partial charge in [0, 0.05) is 24.2 Å². The van der Waals surface area contributed by atoms with Gasteiger partial charge in [0.05, 0.1) is 4.92 Å². The van der Waals surface area contributed by atoms with Gasteiger partial charge in [-0.3, -0.25) is 10.1 Å². The number of nitrogens with one attached hydrogen (secondary N) is 1. The first-order valence-electron chi connectivity index (χ1n) is 6.64. The Labute approximate surface area is 108 Å². The Kier molecular flexibility index (Phi) is 4.31. The average Bonchev–Trinajstić information content (AvgIpc) is 2.38. The molecular weight excluding hydrogens is 228 g/mol. The van der Waals surface area contributed by atoms with Crippen LogP contribution < -0.4 is 5.32 Å². The Morgan fingerprint density at radius 2 is 2.06 bits per heavy atom. The van der Waals surface area contributed by atoms with Crippen molar-refractivity contribution >= 4 is 5.69 Å². The molecule has 1 aromatic rings. The quantitative estimate of drug-likeness (QED) is 0.657. The maximum Gasteiger partial charge on any atom is 0.273 e. The molecule has 4 nitrogen and oxygen atoms in total. The lowest BCUT2D eigenvalue weighted by molar-refractivity contribution is -0.385. The van der Waals surface area contributed by atoms with Crippen molar-refractivity contribution in [1.29, 1.82) is 0 Å². The third-order valence-corrected chi connectivity index (χ3v) is 3.85. The maximum atomic E-state index is 10.9. The molecule has 0 aromatic heterocycles. The van der Waals surface area contributed by atoms with E-state index >= 15 is 0 Å². The van der Waals surface area contributed by atoms with Crippen LogP contribution >= 0.6 is 0 Å². The number of para-hydroxylation sites is 1. The van der Waals surface area contributed by atoms with E-state index in [9.17, 15) is 10.1 Å². The van der Waals surface area contributed by atoms with Gasteiger partial charge in [-0.25, -0.2) is 0 Å². The number of rotatable bonds is 4. The molecule has 4 heteroatoms. The molecule has 0 amide bonds. The van der Waals surface area contributed by atoms with Gasteiger partial charge in [0.25, 0.3) is 5.69 Å². The van der Waals surface area contributed by atoms with E-state index < -0.39 is 0 Å². The summed E-state index contributed by atoms with van der Waals surface area (Å²) >= 11 is 0. The zero-order valence-corrected chi connectivity index (χ0v) is 10.8. The van der Waals surface area contributed by atoms with Crippen molar-refractivity contribution < 1.29 is 4.92 Å². The SMILES string of the molecule is CC1CCCCC1NCc1ccccc1[N+](=O)[O-]. The van der Waals surface area contributed by atoms with Crippen molar-refractivity contribution in [2.75, 3.05) is 0 Å². The minimum Gasteiger partial charge on any atom is -0.309 e. The summed E-state index contributed by atoms with van der Waals surface area (Å²) in [6, 6.07) is 7.47. The van der Waals surface area contributed by atoms with Gasteiger partial charge in [0.2, 0.25) is 0 Å². The zero-order chi connectivity index (χ0) is 13.0. The molecule has 1 aliphatic carbocycles. The molecule has 1 N–H and O–H groups in total. The van der Waals surface area contributed by atoms with E-state index in [1.54, 1.807) is 12.1 Å². The second-order valence-corrected chi connectivity index (χ2v) is 5.13. The average molecular weight is 248 g/mol. The van der Waals surface area contributed by atoms with Crippen LogP contribution in [0.25, 0.3) is 0 Å². The van der Waals surface area contributed by atoms with E-state index in [2.05, 4.69) is 12.2 Å². The predicted octanol–water partition coefficient (Wildman–Crippen LogP) is 3.26. The molecule has 1 aromatic carbocycles. The van der Waals surface area contributed by atoms with E-state index in [0.717, 1.165) is 5.56 Å². The van der Waals surface area contributed by atoms with Crippen molar-refractivity contribution in [3.8, 4) is 0 Å². The highest BCUT2D eigenvalue weighted by Gasteiger charge is 2.21. The molecule has 0 bridgehead atoms. The summed E-state index contributed by atoms with van der Waals surface area (Å²) in [5.74, 6) is 0.668. The molecule has 98 valence electrons. The summed E-state index contributed by atoms with van der Waals surface area (Å²) in [7, 11) is 0. The second-order valence-electron chi connectivity index (χ2n) is 5.13. The minimum atomic E-state index is -0.304. The lowest BCUT2D eigenvalue weighted by atomic mass is 9.86. The van der Waals surface area contributed by atoms with E-state index in [1.165, 1.54) is 25.7 Å². The number of nitro groups is 1. The van der Waals surface area contributed by atoms with Crippen molar-refractivity contribution in [2.24, 2.45) is 5.92 Å². The van der Waals surface area contributed by atoms with E-state index in [1.807, 2.05) is 12.1 Å². The van der Waals surface area contributed by atoms with Crippen LogP contribution in [-0.4, -0.2) is 11.0 Å². The summed E-state index contributed by atoms with van der Waals surface area (Å²) in [5, 5.41) is 14.4.